The molecular weight excluding hydrogens is 458 g/mol. The average Bonchev–Trinajstić information content (AvgIpc) is 3.21. The summed E-state index contributed by atoms with van der Waals surface area (Å²) < 4.78 is 28.2. The van der Waals surface area contributed by atoms with E-state index in [1.54, 1.807) is 11.0 Å². The highest BCUT2D eigenvalue weighted by Crippen LogP contribution is 2.33. The number of piperidine rings is 1. The largest absolute Gasteiger partial charge is 0.357 e. The average molecular weight is 486 g/mol. The van der Waals surface area contributed by atoms with Crippen molar-refractivity contribution in [1.82, 2.24) is 14.3 Å². The second-order valence-corrected chi connectivity index (χ2v) is 12.1. The maximum absolute atomic E-state index is 13.7. The number of fused-ring (bicyclic) bond motifs is 2. The number of amides is 1. The van der Waals surface area contributed by atoms with Crippen LogP contribution in [0.25, 0.3) is 11.0 Å². The highest BCUT2D eigenvalue weighted by molar-refractivity contribution is 7.91. The molecule has 2 aliphatic heterocycles. The minimum atomic E-state index is -3.60. The maximum atomic E-state index is 13.7. The van der Waals surface area contributed by atoms with Crippen LogP contribution in [0.15, 0.2) is 40.6 Å². The highest BCUT2D eigenvalue weighted by atomic mass is 32.2. The monoisotopic (exact) mass is 485 g/mol. The molecule has 0 aliphatic carbocycles. The topological polar surface area (TPSA) is 86.7 Å². The van der Waals surface area contributed by atoms with Crippen molar-refractivity contribution in [2.75, 3.05) is 43.0 Å². The van der Waals surface area contributed by atoms with Crippen molar-refractivity contribution in [3.05, 3.63) is 41.3 Å². The molecule has 8 nitrogen and oxygen atoms in total. The van der Waals surface area contributed by atoms with Crippen LogP contribution in [0, 0.1) is 12.8 Å². The molecule has 1 saturated heterocycles. The molecule has 3 aromatic rings. The molecule has 1 atom stereocenters. The Hall–Kier alpha value is -2.56. The number of carbonyl (C=O) groups is 1. The van der Waals surface area contributed by atoms with Gasteiger partial charge >= 0.3 is 0 Å². The Morgan fingerprint density at radius 2 is 1.73 bits per heavy atom. The first-order valence-corrected chi connectivity index (χ1v) is 13.5. The summed E-state index contributed by atoms with van der Waals surface area (Å²) in [6.07, 6.45) is 2.11. The normalized spacial score (nSPS) is 20.0. The Bertz CT molecular complexity index is 1310. The zero-order chi connectivity index (χ0) is 23.2. The van der Waals surface area contributed by atoms with Crippen molar-refractivity contribution >= 4 is 49.9 Å². The van der Waals surface area contributed by atoms with Crippen molar-refractivity contribution in [1.29, 1.82) is 0 Å². The first-order valence-electron chi connectivity index (χ1n) is 11.2. The predicted molar refractivity (Wildman–Crippen MR) is 130 cm³/mol. The van der Waals surface area contributed by atoms with E-state index < -0.39 is 15.9 Å². The third kappa shape index (κ3) is 4.11. The number of benzene rings is 1. The molecule has 0 spiro atoms. The molecule has 10 heteroatoms. The van der Waals surface area contributed by atoms with Gasteiger partial charge in [0.1, 0.15) is 4.21 Å². The fourth-order valence-electron chi connectivity index (χ4n) is 4.57. The standard InChI is InChI=1S/C23H27N5O3S2/c1-16-10-11-20(32-16)33(30,31)27-13-5-7-17(15-27)23(29)28-14-6-12-26(2)21-22(28)25-19-9-4-3-8-18(19)24-21/h3-4,8-11,17H,5-7,12-15H2,1-2H3. The second-order valence-electron chi connectivity index (χ2n) is 8.69. The summed E-state index contributed by atoms with van der Waals surface area (Å²) in [6, 6.07) is 11.1. The molecule has 2 aliphatic rings. The molecule has 2 aromatic heterocycles. The van der Waals surface area contributed by atoms with Crippen LogP contribution in [0.5, 0.6) is 0 Å². The summed E-state index contributed by atoms with van der Waals surface area (Å²) in [5.74, 6) is 0.777. The van der Waals surface area contributed by atoms with E-state index in [-0.39, 0.29) is 12.5 Å². The molecule has 174 valence electrons. The van der Waals surface area contributed by atoms with Crippen molar-refractivity contribution in [2.45, 2.75) is 30.4 Å². The molecular formula is C23H27N5O3S2. The lowest BCUT2D eigenvalue weighted by molar-refractivity contribution is -0.123. The van der Waals surface area contributed by atoms with Gasteiger partial charge in [-0.2, -0.15) is 4.31 Å². The number of thiophene rings is 1. The number of hydrogen-bond acceptors (Lipinski definition) is 7. The molecule has 1 aromatic carbocycles. The minimum absolute atomic E-state index is 0.0709. The van der Waals surface area contributed by atoms with Gasteiger partial charge in [-0.25, -0.2) is 18.4 Å². The Labute approximate surface area is 197 Å². The van der Waals surface area contributed by atoms with Gasteiger partial charge in [-0.15, -0.1) is 11.3 Å². The minimum Gasteiger partial charge on any atom is -0.357 e. The van der Waals surface area contributed by atoms with E-state index in [9.17, 15) is 13.2 Å². The van der Waals surface area contributed by atoms with Crippen molar-refractivity contribution in [3.8, 4) is 0 Å². The first-order chi connectivity index (χ1) is 15.8. The van der Waals surface area contributed by atoms with Crippen LogP contribution in [0.1, 0.15) is 24.1 Å². The zero-order valence-electron chi connectivity index (χ0n) is 18.8. The Morgan fingerprint density at radius 1 is 1.00 bits per heavy atom. The lowest BCUT2D eigenvalue weighted by Gasteiger charge is -2.33. The molecule has 1 amide bonds. The summed E-state index contributed by atoms with van der Waals surface area (Å²) in [5.41, 5.74) is 1.53. The molecule has 5 rings (SSSR count). The van der Waals surface area contributed by atoms with E-state index in [1.807, 2.05) is 49.2 Å². The number of nitrogens with zero attached hydrogens (tertiary/aromatic N) is 5. The van der Waals surface area contributed by atoms with Crippen molar-refractivity contribution in [3.63, 3.8) is 0 Å². The van der Waals surface area contributed by atoms with Gasteiger partial charge in [0, 0.05) is 38.1 Å². The van der Waals surface area contributed by atoms with E-state index in [0.717, 1.165) is 28.9 Å². The molecule has 0 saturated carbocycles. The van der Waals surface area contributed by atoms with Gasteiger partial charge in [0.25, 0.3) is 10.0 Å². The van der Waals surface area contributed by atoms with Gasteiger partial charge in [0.2, 0.25) is 5.91 Å². The highest BCUT2D eigenvalue weighted by Gasteiger charge is 2.37. The van der Waals surface area contributed by atoms with Gasteiger partial charge < -0.3 is 4.90 Å². The van der Waals surface area contributed by atoms with E-state index in [4.69, 9.17) is 9.97 Å². The van der Waals surface area contributed by atoms with E-state index >= 15 is 0 Å². The van der Waals surface area contributed by atoms with Gasteiger partial charge in [-0.1, -0.05) is 12.1 Å². The predicted octanol–water partition coefficient (Wildman–Crippen LogP) is 3.27. The summed E-state index contributed by atoms with van der Waals surface area (Å²) in [7, 11) is -1.63. The number of sulfonamides is 1. The van der Waals surface area contributed by atoms with Gasteiger partial charge in [0.05, 0.1) is 17.0 Å². The number of aromatic nitrogens is 2. The van der Waals surface area contributed by atoms with Crippen LogP contribution in [0.4, 0.5) is 11.6 Å². The summed E-state index contributed by atoms with van der Waals surface area (Å²) in [4.78, 5) is 28.1. The van der Waals surface area contributed by atoms with Crippen LogP contribution in [-0.4, -0.2) is 61.8 Å². The number of para-hydroxylation sites is 2. The number of rotatable bonds is 3. The molecule has 0 radical (unpaired) electrons. The maximum Gasteiger partial charge on any atom is 0.252 e. The van der Waals surface area contributed by atoms with Crippen LogP contribution < -0.4 is 9.80 Å². The number of hydrogen-bond donors (Lipinski definition) is 0. The Kier molecular flexibility index (Phi) is 5.84. The van der Waals surface area contributed by atoms with Gasteiger partial charge in [0.15, 0.2) is 11.6 Å². The second kappa shape index (κ2) is 8.66. The van der Waals surface area contributed by atoms with E-state index in [0.29, 0.717) is 41.8 Å². The summed E-state index contributed by atoms with van der Waals surface area (Å²) in [6.45, 7) is 3.83. The van der Waals surface area contributed by atoms with Gasteiger partial charge in [-0.3, -0.25) is 9.69 Å². The third-order valence-corrected chi connectivity index (χ3v) is 9.67. The SMILES string of the molecule is Cc1ccc(S(=O)(=O)N2CCCC(C(=O)N3CCCN(C)c4nc5ccccc5nc43)C2)s1. The van der Waals surface area contributed by atoms with Crippen LogP contribution in [0.2, 0.25) is 0 Å². The molecule has 1 fully saturated rings. The number of carbonyl (C=O) groups excluding carboxylic acids is 1. The van der Waals surface area contributed by atoms with Crippen LogP contribution in [0.3, 0.4) is 0 Å². The quantitative estimate of drug-likeness (QED) is 0.566. The number of anilines is 2. The number of aryl methyl sites for hydroxylation is 1. The lowest BCUT2D eigenvalue weighted by Crippen LogP contribution is -2.47. The fraction of sp³-hybridized carbons (Fsp3) is 0.435. The molecule has 1 unspecified atom stereocenters. The van der Waals surface area contributed by atoms with Crippen molar-refractivity contribution in [2.24, 2.45) is 5.92 Å². The lowest BCUT2D eigenvalue weighted by atomic mass is 9.98. The van der Waals surface area contributed by atoms with E-state index in [2.05, 4.69) is 0 Å². The Morgan fingerprint density at radius 3 is 2.42 bits per heavy atom. The van der Waals surface area contributed by atoms with Gasteiger partial charge in [-0.05, 0) is 50.5 Å². The van der Waals surface area contributed by atoms with Crippen molar-refractivity contribution < 1.29 is 13.2 Å². The Balaban J connectivity index is 1.45. The third-order valence-electron chi connectivity index (χ3n) is 6.34. The molecule has 0 bridgehead atoms. The zero-order valence-corrected chi connectivity index (χ0v) is 20.4. The fourth-order valence-corrected chi connectivity index (χ4v) is 7.53. The molecule has 0 N–H and O–H groups in total. The molecule has 4 heterocycles. The first kappa shape index (κ1) is 22.2. The summed E-state index contributed by atoms with van der Waals surface area (Å²) >= 11 is 1.27. The molecule has 33 heavy (non-hydrogen) atoms. The van der Waals surface area contributed by atoms with Crippen LogP contribution >= 0.6 is 11.3 Å². The summed E-state index contributed by atoms with van der Waals surface area (Å²) in [5, 5.41) is 0. The smallest absolute Gasteiger partial charge is 0.252 e. The van der Waals surface area contributed by atoms with E-state index in [1.165, 1.54) is 15.6 Å². The van der Waals surface area contributed by atoms with Crippen LogP contribution in [-0.2, 0) is 14.8 Å².